The van der Waals surface area contributed by atoms with Crippen LogP contribution in [0.5, 0.6) is 0 Å². The van der Waals surface area contributed by atoms with E-state index < -0.39 is 5.60 Å². The van der Waals surface area contributed by atoms with Crippen molar-refractivity contribution in [2.24, 2.45) is 0 Å². The monoisotopic (exact) mass is 279 g/mol. The van der Waals surface area contributed by atoms with Crippen molar-refractivity contribution >= 4 is 0 Å². The topological polar surface area (TPSA) is 33.1 Å². The SMILES string of the molecule is O[C@@](c1ccccc1)(c1ccncc1)c1ccc(F)cc1. The fourth-order valence-electron chi connectivity index (χ4n) is 2.46. The number of benzene rings is 2. The molecule has 1 atom stereocenters. The van der Waals surface area contributed by atoms with Crippen LogP contribution in [0.15, 0.2) is 79.1 Å². The predicted octanol–water partition coefficient (Wildman–Crippen LogP) is 3.50. The first kappa shape index (κ1) is 13.5. The fraction of sp³-hybridized carbons (Fsp3) is 0.0556. The number of hydrogen-bond acceptors (Lipinski definition) is 2. The molecule has 1 N–H and O–H groups in total. The Hall–Kier alpha value is -2.52. The standard InChI is InChI=1S/C18H14FNO/c19-17-8-6-15(7-9-17)18(21,14-4-2-1-3-5-14)16-10-12-20-13-11-16/h1-13,21H/t18-/m1/s1. The molecule has 104 valence electrons. The highest BCUT2D eigenvalue weighted by Gasteiger charge is 2.33. The molecule has 2 nitrogen and oxygen atoms in total. The van der Waals surface area contributed by atoms with Gasteiger partial charge in [0.2, 0.25) is 0 Å². The minimum absolute atomic E-state index is 0.330. The Morgan fingerprint density at radius 3 is 1.86 bits per heavy atom. The van der Waals surface area contributed by atoms with E-state index in [0.29, 0.717) is 11.1 Å². The second kappa shape index (κ2) is 5.46. The van der Waals surface area contributed by atoms with Crippen molar-refractivity contribution in [3.8, 4) is 0 Å². The van der Waals surface area contributed by atoms with Gasteiger partial charge in [-0.25, -0.2) is 4.39 Å². The molecule has 3 rings (SSSR count). The summed E-state index contributed by atoms with van der Waals surface area (Å²) in [4.78, 5) is 3.99. The number of halogens is 1. The summed E-state index contributed by atoms with van der Waals surface area (Å²) >= 11 is 0. The van der Waals surface area contributed by atoms with E-state index in [9.17, 15) is 9.50 Å². The number of hydrogen-bond donors (Lipinski definition) is 1. The van der Waals surface area contributed by atoms with E-state index in [1.807, 2.05) is 30.3 Å². The summed E-state index contributed by atoms with van der Waals surface area (Å²) in [5.41, 5.74) is 0.692. The smallest absolute Gasteiger partial charge is 0.140 e. The maximum Gasteiger partial charge on any atom is 0.140 e. The highest BCUT2D eigenvalue weighted by atomic mass is 19.1. The van der Waals surface area contributed by atoms with E-state index in [2.05, 4.69) is 4.98 Å². The third kappa shape index (κ3) is 2.43. The van der Waals surface area contributed by atoms with E-state index in [0.717, 1.165) is 5.56 Å². The van der Waals surface area contributed by atoms with Crippen LogP contribution in [0.1, 0.15) is 16.7 Å². The number of rotatable bonds is 3. The predicted molar refractivity (Wildman–Crippen MR) is 79.2 cm³/mol. The van der Waals surface area contributed by atoms with Crippen LogP contribution in [0.4, 0.5) is 4.39 Å². The summed E-state index contributed by atoms with van der Waals surface area (Å²) in [5, 5.41) is 11.4. The molecule has 2 aromatic carbocycles. The molecule has 0 unspecified atom stereocenters. The summed E-state index contributed by atoms with van der Waals surface area (Å²) in [6, 6.07) is 18.7. The molecule has 1 aromatic heterocycles. The Bertz CT molecular complexity index is 672. The van der Waals surface area contributed by atoms with Crippen LogP contribution < -0.4 is 0 Å². The Balaban J connectivity index is 2.23. The van der Waals surface area contributed by atoms with Gasteiger partial charge in [-0.2, -0.15) is 0 Å². The number of aliphatic hydroxyl groups is 1. The number of aromatic nitrogens is 1. The van der Waals surface area contributed by atoms with Crippen LogP contribution >= 0.6 is 0 Å². The zero-order chi connectivity index (χ0) is 14.7. The van der Waals surface area contributed by atoms with Gasteiger partial charge in [0, 0.05) is 12.4 Å². The van der Waals surface area contributed by atoms with Crippen molar-refractivity contribution in [3.63, 3.8) is 0 Å². The minimum atomic E-state index is -1.34. The number of nitrogens with zero attached hydrogens (tertiary/aromatic N) is 1. The number of pyridine rings is 1. The van der Waals surface area contributed by atoms with E-state index in [1.165, 1.54) is 12.1 Å². The van der Waals surface area contributed by atoms with Gasteiger partial charge >= 0.3 is 0 Å². The van der Waals surface area contributed by atoms with Crippen molar-refractivity contribution in [2.75, 3.05) is 0 Å². The van der Waals surface area contributed by atoms with Crippen LogP contribution in [-0.4, -0.2) is 10.1 Å². The zero-order valence-corrected chi connectivity index (χ0v) is 11.3. The van der Waals surface area contributed by atoms with Crippen molar-refractivity contribution in [2.45, 2.75) is 5.60 Å². The molecule has 1 heterocycles. The van der Waals surface area contributed by atoms with E-state index in [4.69, 9.17) is 0 Å². The van der Waals surface area contributed by atoms with Gasteiger partial charge in [-0.15, -0.1) is 0 Å². The highest BCUT2D eigenvalue weighted by Crippen LogP contribution is 2.36. The molecule has 0 saturated heterocycles. The highest BCUT2D eigenvalue weighted by molar-refractivity contribution is 5.46. The van der Waals surface area contributed by atoms with Gasteiger partial charge in [-0.05, 0) is 41.0 Å². The van der Waals surface area contributed by atoms with Gasteiger partial charge in [0.05, 0.1) is 0 Å². The third-order valence-corrected chi connectivity index (χ3v) is 3.55. The van der Waals surface area contributed by atoms with Crippen molar-refractivity contribution in [1.29, 1.82) is 0 Å². The molecular formula is C18H14FNO. The zero-order valence-electron chi connectivity index (χ0n) is 11.3. The summed E-state index contributed by atoms with van der Waals surface area (Å²) in [6.45, 7) is 0. The first-order valence-corrected chi connectivity index (χ1v) is 6.66. The average molecular weight is 279 g/mol. The van der Waals surface area contributed by atoms with Crippen LogP contribution in [0, 0.1) is 5.82 Å². The van der Waals surface area contributed by atoms with E-state index >= 15 is 0 Å². The summed E-state index contributed by atoms with van der Waals surface area (Å²) in [5.74, 6) is -0.330. The first-order valence-electron chi connectivity index (χ1n) is 6.66. The molecule has 0 spiro atoms. The van der Waals surface area contributed by atoms with Crippen LogP contribution in [0.2, 0.25) is 0 Å². The lowest BCUT2D eigenvalue weighted by Crippen LogP contribution is -2.28. The fourth-order valence-corrected chi connectivity index (χ4v) is 2.46. The molecule has 0 aliphatic rings. The van der Waals surface area contributed by atoms with E-state index in [1.54, 1.807) is 36.7 Å². The molecular weight excluding hydrogens is 265 g/mol. The lowest BCUT2D eigenvalue weighted by atomic mass is 9.81. The summed E-state index contributed by atoms with van der Waals surface area (Å²) in [6.07, 6.45) is 3.26. The molecule has 0 aliphatic heterocycles. The first-order chi connectivity index (χ1) is 10.2. The molecule has 0 amide bonds. The largest absolute Gasteiger partial charge is 0.376 e. The van der Waals surface area contributed by atoms with Crippen molar-refractivity contribution in [3.05, 3.63) is 102 Å². The van der Waals surface area contributed by atoms with Gasteiger partial charge in [0.25, 0.3) is 0 Å². The minimum Gasteiger partial charge on any atom is -0.376 e. The van der Waals surface area contributed by atoms with Crippen molar-refractivity contribution in [1.82, 2.24) is 4.98 Å². The molecule has 21 heavy (non-hydrogen) atoms. The third-order valence-electron chi connectivity index (χ3n) is 3.55. The lowest BCUT2D eigenvalue weighted by Gasteiger charge is -2.30. The Morgan fingerprint density at radius 1 is 0.714 bits per heavy atom. The lowest BCUT2D eigenvalue weighted by molar-refractivity contribution is 0.125. The molecule has 0 fully saturated rings. The quantitative estimate of drug-likeness (QED) is 0.796. The maximum atomic E-state index is 13.2. The summed E-state index contributed by atoms with van der Waals surface area (Å²) < 4.78 is 13.2. The maximum absolute atomic E-state index is 13.2. The second-order valence-corrected chi connectivity index (χ2v) is 4.82. The van der Waals surface area contributed by atoms with Gasteiger partial charge < -0.3 is 5.11 Å². The van der Waals surface area contributed by atoms with Crippen LogP contribution in [0.3, 0.4) is 0 Å². The second-order valence-electron chi connectivity index (χ2n) is 4.82. The van der Waals surface area contributed by atoms with Gasteiger partial charge in [-0.3, -0.25) is 4.98 Å². The van der Waals surface area contributed by atoms with Crippen LogP contribution in [0.25, 0.3) is 0 Å². The molecule has 0 saturated carbocycles. The van der Waals surface area contributed by atoms with Gasteiger partial charge in [0.1, 0.15) is 11.4 Å². The molecule has 3 heteroatoms. The Morgan fingerprint density at radius 2 is 1.24 bits per heavy atom. The van der Waals surface area contributed by atoms with Gasteiger partial charge in [0.15, 0.2) is 0 Å². The van der Waals surface area contributed by atoms with Gasteiger partial charge in [-0.1, -0.05) is 42.5 Å². The molecule has 3 aromatic rings. The normalized spacial score (nSPS) is 13.6. The van der Waals surface area contributed by atoms with Crippen LogP contribution in [-0.2, 0) is 5.60 Å². The molecule has 0 radical (unpaired) electrons. The van der Waals surface area contributed by atoms with Crippen molar-refractivity contribution < 1.29 is 9.50 Å². The molecule has 0 bridgehead atoms. The Labute approximate surface area is 122 Å². The Kier molecular flexibility index (Phi) is 3.50. The summed E-state index contributed by atoms with van der Waals surface area (Å²) in [7, 11) is 0. The molecule has 0 aliphatic carbocycles. The van der Waals surface area contributed by atoms with E-state index in [-0.39, 0.29) is 5.82 Å². The average Bonchev–Trinajstić information content (AvgIpc) is 2.56.